The Morgan fingerprint density at radius 2 is 2.09 bits per heavy atom. The molecule has 1 aromatic rings. The molecule has 1 N–H and O–H groups in total. The lowest BCUT2D eigenvalue weighted by molar-refractivity contribution is 0.137. The molecule has 3 unspecified atom stereocenters. The third kappa shape index (κ3) is 3.17. The first-order valence-corrected chi connectivity index (χ1v) is 9.30. The topological polar surface area (TPSA) is 52.6 Å². The van der Waals surface area contributed by atoms with E-state index >= 15 is 0 Å². The fourth-order valence-electron chi connectivity index (χ4n) is 3.50. The number of fused-ring (bicyclic) bond motifs is 1. The minimum atomic E-state index is -1.04. The molecule has 2 fully saturated rings. The Kier molecular flexibility index (Phi) is 4.49. The standard InChI is InChI=1S/C16H23N3O2S/c1-18-8-6-12-7-9-19(15(12)11-18)16(20)17-13-4-3-5-14(10-13)22(2)21/h3-5,10,12,15H,6-9,11H2,1-2H3,(H,17,20). The smallest absolute Gasteiger partial charge is 0.320 e. The zero-order valence-electron chi connectivity index (χ0n) is 13.1. The van der Waals surface area contributed by atoms with Gasteiger partial charge in [0.2, 0.25) is 0 Å². The zero-order chi connectivity index (χ0) is 15.7. The van der Waals surface area contributed by atoms with Crippen molar-refractivity contribution in [3.05, 3.63) is 24.3 Å². The van der Waals surface area contributed by atoms with Gasteiger partial charge in [0.1, 0.15) is 0 Å². The second-order valence-electron chi connectivity index (χ2n) is 6.27. The molecule has 6 heteroatoms. The van der Waals surface area contributed by atoms with E-state index in [0.717, 1.165) is 31.0 Å². The lowest BCUT2D eigenvalue weighted by Crippen LogP contribution is -2.49. The quantitative estimate of drug-likeness (QED) is 0.906. The Morgan fingerprint density at radius 3 is 2.86 bits per heavy atom. The molecule has 0 bridgehead atoms. The van der Waals surface area contributed by atoms with Crippen LogP contribution in [-0.2, 0) is 10.8 Å². The second kappa shape index (κ2) is 6.38. The SMILES string of the molecule is CN1CCC2CCN(C(=O)Nc3cccc(S(C)=O)c3)C2C1. The number of hydrogen-bond donors (Lipinski definition) is 1. The van der Waals surface area contributed by atoms with E-state index in [1.807, 2.05) is 23.1 Å². The molecule has 1 aromatic carbocycles. The molecular weight excluding hydrogens is 298 g/mol. The fraction of sp³-hybridized carbons (Fsp3) is 0.562. The first-order chi connectivity index (χ1) is 10.5. The highest BCUT2D eigenvalue weighted by Gasteiger charge is 2.39. The third-order valence-corrected chi connectivity index (χ3v) is 5.66. The van der Waals surface area contributed by atoms with E-state index in [4.69, 9.17) is 0 Å². The van der Waals surface area contributed by atoms with E-state index in [-0.39, 0.29) is 6.03 Å². The van der Waals surface area contributed by atoms with Crippen LogP contribution in [0.4, 0.5) is 10.5 Å². The number of nitrogens with one attached hydrogen (secondary N) is 1. The number of amides is 2. The van der Waals surface area contributed by atoms with Gasteiger partial charge in [0.05, 0.1) is 0 Å². The van der Waals surface area contributed by atoms with Crippen molar-refractivity contribution in [2.75, 3.05) is 38.3 Å². The van der Waals surface area contributed by atoms with Gasteiger partial charge < -0.3 is 15.1 Å². The van der Waals surface area contributed by atoms with Crippen LogP contribution in [0.25, 0.3) is 0 Å². The predicted molar refractivity (Wildman–Crippen MR) is 88.5 cm³/mol. The van der Waals surface area contributed by atoms with Crippen molar-refractivity contribution in [1.29, 1.82) is 0 Å². The van der Waals surface area contributed by atoms with Crippen molar-refractivity contribution in [2.24, 2.45) is 5.92 Å². The summed E-state index contributed by atoms with van der Waals surface area (Å²) in [5.41, 5.74) is 0.713. The Morgan fingerprint density at radius 1 is 1.32 bits per heavy atom. The summed E-state index contributed by atoms with van der Waals surface area (Å²) < 4.78 is 11.5. The number of benzene rings is 1. The van der Waals surface area contributed by atoms with Gasteiger partial charge in [-0.15, -0.1) is 0 Å². The number of likely N-dealkylation sites (N-methyl/N-ethyl adjacent to an activating group) is 1. The number of anilines is 1. The normalized spacial score (nSPS) is 26.5. The Labute approximate surface area is 134 Å². The molecule has 2 heterocycles. The van der Waals surface area contributed by atoms with Crippen LogP contribution in [0.3, 0.4) is 0 Å². The van der Waals surface area contributed by atoms with E-state index in [2.05, 4.69) is 17.3 Å². The number of likely N-dealkylation sites (tertiary alicyclic amines) is 2. The van der Waals surface area contributed by atoms with Gasteiger partial charge in [-0.05, 0) is 50.6 Å². The van der Waals surface area contributed by atoms with Crippen molar-refractivity contribution >= 4 is 22.5 Å². The summed E-state index contributed by atoms with van der Waals surface area (Å²) >= 11 is 0. The van der Waals surface area contributed by atoms with Crippen LogP contribution in [0.2, 0.25) is 0 Å². The number of nitrogens with zero attached hydrogens (tertiary/aromatic N) is 2. The number of carbonyl (C=O) groups excluding carboxylic acids is 1. The molecule has 0 spiro atoms. The first-order valence-electron chi connectivity index (χ1n) is 7.74. The monoisotopic (exact) mass is 321 g/mol. The van der Waals surface area contributed by atoms with Crippen LogP contribution in [0.1, 0.15) is 12.8 Å². The van der Waals surface area contributed by atoms with Crippen LogP contribution in [0.15, 0.2) is 29.2 Å². The Hall–Kier alpha value is -1.40. The van der Waals surface area contributed by atoms with Gasteiger partial charge in [-0.2, -0.15) is 0 Å². The summed E-state index contributed by atoms with van der Waals surface area (Å²) in [5, 5.41) is 2.96. The molecule has 5 nitrogen and oxygen atoms in total. The minimum Gasteiger partial charge on any atom is -0.320 e. The van der Waals surface area contributed by atoms with Gasteiger partial charge in [0.25, 0.3) is 0 Å². The molecule has 3 rings (SSSR count). The van der Waals surface area contributed by atoms with E-state index in [9.17, 15) is 9.00 Å². The summed E-state index contributed by atoms with van der Waals surface area (Å²) in [6, 6.07) is 7.55. The highest BCUT2D eigenvalue weighted by molar-refractivity contribution is 7.84. The van der Waals surface area contributed by atoms with Crippen LogP contribution < -0.4 is 5.32 Å². The first kappa shape index (κ1) is 15.5. The van der Waals surface area contributed by atoms with Crippen molar-refractivity contribution < 1.29 is 9.00 Å². The molecule has 2 saturated heterocycles. The maximum Gasteiger partial charge on any atom is 0.322 e. The number of hydrogen-bond acceptors (Lipinski definition) is 3. The molecule has 0 aliphatic carbocycles. The molecule has 2 aliphatic heterocycles. The lowest BCUT2D eigenvalue weighted by atomic mass is 9.92. The molecule has 0 radical (unpaired) electrons. The van der Waals surface area contributed by atoms with Crippen molar-refractivity contribution in [1.82, 2.24) is 9.80 Å². The number of piperidine rings is 1. The zero-order valence-corrected chi connectivity index (χ0v) is 13.9. The van der Waals surface area contributed by atoms with Crippen LogP contribution in [0, 0.1) is 5.92 Å². The molecule has 22 heavy (non-hydrogen) atoms. The van der Waals surface area contributed by atoms with Crippen molar-refractivity contribution in [3.63, 3.8) is 0 Å². The molecule has 0 aromatic heterocycles. The minimum absolute atomic E-state index is 0.0400. The lowest BCUT2D eigenvalue weighted by Gasteiger charge is -2.36. The van der Waals surface area contributed by atoms with Crippen LogP contribution in [-0.4, -0.2) is 59.0 Å². The highest BCUT2D eigenvalue weighted by Crippen LogP contribution is 2.31. The van der Waals surface area contributed by atoms with Gasteiger partial charge in [0, 0.05) is 46.8 Å². The van der Waals surface area contributed by atoms with E-state index in [1.54, 1.807) is 12.3 Å². The third-order valence-electron chi connectivity index (χ3n) is 4.74. The summed E-state index contributed by atoms with van der Waals surface area (Å²) in [4.78, 5) is 17.6. The van der Waals surface area contributed by atoms with E-state index in [0.29, 0.717) is 17.6 Å². The summed E-state index contributed by atoms with van der Waals surface area (Å²) in [7, 11) is 1.08. The molecule has 2 amide bonds. The second-order valence-corrected chi connectivity index (χ2v) is 7.65. The predicted octanol–water partition coefficient (Wildman–Crippen LogP) is 1.98. The van der Waals surface area contributed by atoms with E-state index < -0.39 is 10.8 Å². The average molecular weight is 321 g/mol. The maximum atomic E-state index is 12.6. The summed E-state index contributed by atoms with van der Waals surface area (Å²) in [6.07, 6.45) is 3.92. The van der Waals surface area contributed by atoms with Gasteiger partial charge in [-0.25, -0.2) is 4.79 Å². The number of rotatable bonds is 2. The summed E-state index contributed by atoms with van der Waals surface area (Å²) in [5.74, 6) is 0.636. The molecule has 3 atom stereocenters. The Bertz CT molecular complexity index is 593. The fourth-order valence-corrected chi connectivity index (χ4v) is 4.06. The van der Waals surface area contributed by atoms with Crippen LogP contribution in [0.5, 0.6) is 0 Å². The molecule has 120 valence electrons. The Balaban J connectivity index is 1.69. The number of carbonyl (C=O) groups is 1. The van der Waals surface area contributed by atoms with Crippen molar-refractivity contribution in [3.8, 4) is 0 Å². The molecular formula is C16H23N3O2S. The average Bonchev–Trinajstić information content (AvgIpc) is 2.90. The van der Waals surface area contributed by atoms with Crippen molar-refractivity contribution in [2.45, 2.75) is 23.8 Å². The highest BCUT2D eigenvalue weighted by atomic mass is 32.2. The largest absolute Gasteiger partial charge is 0.322 e. The van der Waals surface area contributed by atoms with Gasteiger partial charge >= 0.3 is 6.03 Å². The van der Waals surface area contributed by atoms with Gasteiger partial charge in [-0.3, -0.25) is 4.21 Å². The number of urea groups is 1. The maximum absolute atomic E-state index is 12.6. The van der Waals surface area contributed by atoms with Crippen LogP contribution >= 0.6 is 0 Å². The molecule has 0 saturated carbocycles. The van der Waals surface area contributed by atoms with Gasteiger partial charge in [0.15, 0.2) is 0 Å². The van der Waals surface area contributed by atoms with Gasteiger partial charge in [-0.1, -0.05) is 6.07 Å². The molecule has 2 aliphatic rings. The van der Waals surface area contributed by atoms with E-state index in [1.165, 1.54) is 6.42 Å². The summed E-state index contributed by atoms with van der Waals surface area (Å²) in [6.45, 7) is 2.91.